The van der Waals surface area contributed by atoms with E-state index in [4.69, 9.17) is 4.74 Å². The average molecular weight is 663 g/mol. The van der Waals surface area contributed by atoms with Crippen molar-refractivity contribution < 1.29 is 29.0 Å². The van der Waals surface area contributed by atoms with E-state index in [1.807, 2.05) is 106 Å². The van der Waals surface area contributed by atoms with Crippen LogP contribution >= 0.6 is 11.8 Å². The molecule has 0 saturated heterocycles. The summed E-state index contributed by atoms with van der Waals surface area (Å²) >= 11 is 1.54. The lowest BCUT2D eigenvalue weighted by atomic mass is 10.0. The molecule has 0 aliphatic carbocycles. The van der Waals surface area contributed by atoms with E-state index in [9.17, 15) is 24.3 Å². The topological polar surface area (TPSA) is 137 Å². The van der Waals surface area contributed by atoms with E-state index >= 15 is 0 Å². The summed E-state index contributed by atoms with van der Waals surface area (Å²) in [4.78, 5) is 55.7. The Balaban J connectivity index is 1.92. The number of nitrogens with one attached hydrogen (secondary N) is 3. The molecule has 0 aliphatic heterocycles. The van der Waals surface area contributed by atoms with E-state index in [1.54, 1.807) is 12.1 Å². The van der Waals surface area contributed by atoms with Crippen molar-refractivity contribution in [1.29, 1.82) is 0 Å². The minimum atomic E-state index is -1.36. The largest absolute Gasteiger partial charge is 0.445 e. The van der Waals surface area contributed by atoms with Crippen LogP contribution in [0.1, 0.15) is 43.9 Å². The number of ether oxygens (including phenoxy) is 1. The van der Waals surface area contributed by atoms with E-state index in [1.165, 1.54) is 16.7 Å². The Hall–Kier alpha value is -4.35. The van der Waals surface area contributed by atoms with Crippen LogP contribution in [0, 0.1) is 0 Å². The Morgan fingerprint density at radius 1 is 0.787 bits per heavy atom. The summed E-state index contributed by atoms with van der Waals surface area (Å²) in [5, 5.41) is 19.0. The molecule has 0 unspecified atom stereocenters. The van der Waals surface area contributed by atoms with Crippen LogP contribution in [0.5, 0.6) is 0 Å². The molecule has 47 heavy (non-hydrogen) atoms. The van der Waals surface area contributed by atoms with Crippen LogP contribution in [0.4, 0.5) is 4.79 Å². The Morgan fingerprint density at radius 3 is 1.87 bits per heavy atom. The van der Waals surface area contributed by atoms with Crippen LogP contribution in [0.25, 0.3) is 0 Å². The van der Waals surface area contributed by atoms with Gasteiger partial charge in [-0.05, 0) is 55.9 Å². The first kappa shape index (κ1) is 37.1. The normalized spacial score (nSPS) is 13.0. The molecule has 0 bridgehead atoms. The average Bonchev–Trinajstić information content (AvgIpc) is 3.05. The van der Waals surface area contributed by atoms with Crippen LogP contribution in [-0.4, -0.2) is 76.1 Å². The van der Waals surface area contributed by atoms with E-state index < -0.39 is 48.2 Å². The highest BCUT2D eigenvalue weighted by Crippen LogP contribution is 2.16. The number of benzene rings is 3. The molecule has 11 heteroatoms. The van der Waals surface area contributed by atoms with E-state index in [0.717, 1.165) is 11.1 Å². The quantitative estimate of drug-likeness (QED) is 0.182. The second kappa shape index (κ2) is 18.7. The van der Waals surface area contributed by atoms with Gasteiger partial charge in [-0.3, -0.25) is 14.4 Å². The Morgan fingerprint density at radius 2 is 1.34 bits per heavy atom. The molecular weight excluding hydrogens is 616 g/mol. The second-order valence-corrected chi connectivity index (χ2v) is 13.2. The number of amides is 4. The molecule has 3 rings (SSSR count). The summed E-state index contributed by atoms with van der Waals surface area (Å²) in [6.07, 6.45) is 1.56. The third-order valence-electron chi connectivity index (χ3n) is 7.16. The van der Waals surface area contributed by atoms with Crippen molar-refractivity contribution in [3.05, 3.63) is 108 Å². The molecule has 252 valence electrons. The SMILES string of the molecule is CSCC[C@H](NC(=O)[C@H](CO)N(Cc1ccccc1)C(=O)[C@H](Cc1ccccc1)NC(=O)OCc1ccccc1)C(=O)NC(C)(C)C. The minimum Gasteiger partial charge on any atom is -0.445 e. The summed E-state index contributed by atoms with van der Waals surface area (Å²) in [5.41, 5.74) is 1.73. The number of thioether (sulfide) groups is 1. The van der Waals surface area contributed by atoms with Crippen LogP contribution in [0.2, 0.25) is 0 Å². The first-order valence-corrected chi connectivity index (χ1v) is 17.0. The highest BCUT2D eigenvalue weighted by molar-refractivity contribution is 7.98. The van der Waals surface area contributed by atoms with Crippen LogP contribution in [0.15, 0.2) is 91.0 Å². The molecule has 0 aliphatic rings. The fourth-order valence-electron chi connectivity index (χ4n) is 4.83. The Kier molecular flexibility index (Phi) is 14.8. The summed E-state index contributed by atoms with van der Waals surface area (Å²) in [6, 6.07) is 24.0. The first-order valence-electron chi connectivity index (χ1n) is 15.6. The van der Waals surface area contributed by atoms with Gasteiger partial charge in [-0.1, -0.05) is 91.0 Å². The third-order valence-corrected chi connectivity index (χ3v) is 7.80. The standard InChI is InChI=1S/C36H46N4O6S/c1-36(2,3)39-32(42)29(20-21-47-4)37-33(43)31(24-41)40(23-27-16-10-6-11-17-27)34(44)30(22-26-14-8-5-9-15-26)38-35(45)46-25-28-18-12-7-13-19-28/h5-19,29-31,41H,20-25H2,1-4H3,(H,37,43)(H,38,45)(H,39,42)/t29-,30-,31-/m0/s1. The highest BCUT2D eigenvalue weighted by Gasteiger charge is 2.36. The predicted molar refractivity (Wildman–Crippen MR) is 184 cm³/mol. The number of alkyl carbamates (subject to hydrolysis) is 1. The molecule has 3 aromatic rings. The van der Waals surface area contributed by atoms with Gasteiger partial charge in [-0.25, -0.2) is 4.79 Å². The molecule has 0 fully saturated rings. The zero-order valence-corrected chi connectivity index (χ0v) is 28.3. The van der Waals surface area contributed by atoms with Crippen LogP contribution in [0.3, 0.4) is 0 Å². The molecule has 0 aromatic heterocycles. The van der Waals surface area contributed by atoms with Gasteiger partial charge < -0.3 is 30.7 Å². The van der Waals surface area contributed by atoms with E-state index in [-0.39, 0.29) is 25.5 Å². The lowest BCUT2D eigenvalue weighted by molar-refractivity contribution is -0.145. The highest BCUT2D eigenvalue weighted by atomic mass is 32.2. The van der Waals surface area contributed by atoms with E-state index in [2.05, 4.69) is 16.0 Å². The number of aliphatic hydroxyl groups is 1. The Bertz CT molecular complexity index is 1420. The van der Waals surface area contributed by atoms with Gasteiger partial charge in [0.05, 0.1) is 6.61 Å². The monoisotopic (exact) mass is 662 g/mol. The molecule has 0 heterocycles. The zero-order chi connectivity index (χ0) is 34.2. The van der Waals surface area contributed by atoms with Gasteiger partial charge in [0.2, 0.25) is 17.7 Å². The third kappa shape index (κ3) is 12.8. The van der Waals surface area contributed by atoms with Gasteiger partial charge in [0, 0.05) is 18.5 Å². The van der Waals surface area contributed by atoms with Crippen molar-refractivity contribution in [2.24, 2.45) is 0 Å². The fraction of sp³-hybridized carbons (Fsp3) is 0.389. The molecule has 4 amide bonds. The van der Waals surface area contributed by atoms with Crippen molar-refractivity contribution in [3.63, 3.8) is 0 Å². The molecular formula is C36H46N4O6S. The number of rotatable bonds is 16. The maximum absolute atomic E-state index is 14.4. The van der Waals surface area contributed by atoms with Crippen molar-refractivity contribution >= 4 is 35.6 Å². The van der Waals surface area contributed by atoms with E-state index in [0.29, 0.717) is 17.7 Å². The summed E-state index contributed by atoms with van der Waals surface area (Å²) in [5.74, 6) is -1.03. The van der Waals surface area contributed by atoms with Gasteiger partial charge in [-0.2, -0.15) is 11.8 Å². The first-order chi connectivity index (χ1) is 22.5. The number of hydrogen-bond acceptors (Lipinski definition) is 7. The van der Waals surface area contributed by atoms with Gasteiger partial charge in [0.1, 0.15) is 24.7 Å². The minimum absolute atomic E-state index is 0.00237. The van der Waals surface area contributed by atoms with Crippen molar-refractivity contribution in [2.75, 3.05) is 18.6 Å². The lowest BCUT2D eigenvalue weighted by Crippen LogP contribution is -2.60. The van der Waals surface area contributed by atoms with Gasteiger partial charge in [0.25, 0.3) is 0 Å². The second-order valence-electron chi connectivity index (χ2n) is 12.2. The summed E-state index contributed by atoms with van der Waals surface area (Å²) < 4.78 is 5.44. The fourth-order valence-corrected chi connectivity index (χ4v) is 5.30. The summed E-state index contributed by atoms with van der Waals surface area (Å²) in [7, 11) is 0. The maximum Gasteiger partial charge on any atom is 0.408 e. The Labute approximate surface area is 281 Å². The van der Waals surface area contributed by atoms with Crippen molar-refractivity contribution in [3.8, 4) is 0 Å². The predicted octanol–water partition coefficient (Wildman–Crippen LogP) is 4.07. The maximum atomic E-state index is 14.4. The molecule has 3 aromatic carbocycles. The van der Waals surface area contributed by atoms with Crippen molar-refractivity contribution in [1.82, 2.24) is 20.9 Å². The number of aliphatic hydroxyl groups excluding tert-OH is 1. The van der Waals surface area contributed by atoms with Gasteiger partial charge in [0.15, 0.2) is 0 Å². The number of nitrogens with zero attached hydrogens (tertiary/aromatic N) is 1. The van der Waals surface area contributed by atoms with Crippen LogP contribution < -0.4 is 16.0 Å². The smallest absolute Gasteiger partial charge is 0.408 e. The van der Waals surface area contributed by atoms with Gasteiger partial charge >= 0.3 is 6.09 Å². The molecule has 0 saturated carbocycles. The zero-order valence-electron chi connectivity index (χ0n) is 27.5. The van der Waals surface area contributed by atoms with Gasteiger partial charge in [-0.15, -0.1) is 0 Å². The molecule has 3 atom stereocenters. The number of hydrogen-bond donors (Lipinski definition) is 4. The van der Waals surface area contributed by atoms with Crippen LogP contribution in [-0.2, 0) is 38.7 Å². The molecule has 4 N–H and O–H groups in total. The summed E-state index contributed by atoms with van der Waals surface area (Å²) in [6.45, 7) is 4.80. The van der Waals surface area contributed by atoms with Crippen molar-refractivity contribution in [2.45, 2.75) is 70.4 Å². The molecule has 0 radical (unpaired) electrons. The number of carbonyl (C=O) groups is 4. The molecule has 10 nitrogen and oxygen atoms in total. The molecule has 0 spiro atoms. The number of carbonyl (C=O) groups excluding carboxylic acids is 4. The lowest BCUT2D eigenvalue weighted by Gasteiger charge is -2.34.